The van der Waals surface area contributed by atoms with E-state index in [-0.39, 0.29) is 11.3 Å². The zero-order valence-corrected chi connectivity index (χ0v) is 20.6. The summed E-state index contributed by atoms with van der Waals surface area (Å²) in [6.45, 7) is 0. The highest BCUT2D eigenvalue weighted by molar-refractivity contribution is 6.35. The van der Waals surface area contributed by atoms with Crippen LogP contribution in [0.4, 0.5) is 0 Å². The van der Waals surface area contributed by atoms with Gasteiger partial charge < -0.3 is 40.5 Å². The Labute approximate surface area is 228 Å². The van der Waals surface area contributed by atoms with E-state index in [4.69, 9.17) is 4.74 Å². The number of hydrogen-bond acceptors (Lipinski definition) is 12. The molecule has 0 saturated carbocycles. The number of carbonyl (C=O) groups is 4. The van der Waals surface area contributed by atoms with E-state index >= 15 is 0 Å². The van der Waals surface area contributed by atoms with Gasteiger partial charge in [0.15, 0.2) is 11.6 Å². The molecular weight excluding hydrogens is 540 g/mol. The number of ketones is 4. The highest BCUT2D eigenvalue weighted by atomic mass is 16.5. The first-order chi connectivity index (χ1) is 19.4. The molecule has 12 nitrogen and oxygen atoms in total. The van der Waals surface area contributed by atoms with Crippen molar-refractivity contribution in [1.82, 2.24) is 0 Å². The molecule has 0 aliphatic heterocycles. The summed E-state index contributed by atoms with van der Waals surface area (Å²) in [6, 6.07) is 5.22. The summed E-state index contributed by atoms with van der Waals surface area (Å²) in [4.78, 5) is 54.5. The van der Waals surface area contributed by atoms with Crippen LogP contribution in [0.25, 0.3) is 11.1 Å². The molecule has 4 aromatic rings. The molecule has 6 rings (SSSR count). The predicted molar refractivity (Wildman–Crippen MR) is 137 cm³/mol. The number of ether oxygens (including phenoxy) is 1. The summed E-state index contributed by atoms with van der Waals surface area (Å²) in [5.41, 5.74) is -6.00. The van der Waals surface area contributed by atoms with Gasteiger partial charge in [-0.05, 0) is 12.1 Å². The maximum atomic E-state index is 13.9. The molecular formula is C29H16O12. The Balaban J connectivity index is 1.74. The maximum absolute atomic E-state index is 13.9. The van der Waals surface area contributed by atoms with E-state index in [1.807, 2.05) is 0 Å². The number of benzene rings is 4. The van der Waals surface area contributed by atoms with Crippen LogP contribution in [0.1, 0.15) is 63.7 Å². The molecule has 2 aliphatic rings. The minimum Gasteiger partial charge on any atom is -0.508 e. The number of phenols is 7. The third-order valence-electron chi connectivity index (χ3n) is 7.10. The van der Waals surface area contributed by atoms with Gasteiger partial charge in [-0.25, -0.2) is 0 Å². The van der Waals surface area contributed by atoms with Crippen LogP contribution in [-0.2, 0) is 0 Å². The molecule has 0 unspecified atom stereocenters. The number of phenolic OH excluding ortho intramolecular Hbond substituents is 7. The molecule has 41 heavy (non-hydrogen) atoms. The van der Waals surface area contributed by atoms with Crippen molar-refractivity contribution in [3.8, 4) is 57.1 Å². The monoisotopic (exact) mass is 556 g/mol. The van der Waals surface area contributed by atoms with Gasteiger partial charge >= 0.3 is 0 Å². The van der Waals surface area contributed by atoms with E-state index < -0.39 is 113 Å². The van der Waals surface area contributed by atoms with Gasteiger partial charge in [-0.1, -0.05) is 0 Å². The number of aromatic hydroxyl groups is 7. The molecule has 0 bridgehead atoms. The van der Waals surface area contributed by atoms with E-state index in [1.165, 1.54) is 7.11 Å². The van der Waals surface area contributed by atoms with Gasteiger partial charge in [0.1, 0.15) is 46.0 Å². The minimum atomic E-state index is -1.10. The number of hydrogen-bond donors (Lipinski definition) is 7. The quantitative estimate of drug-likeness (QED) is 0.164. The SMILES string of the molecule is COc1cc(O)c2c(c1)C(=O)c1c(c(O)cc(O)c1-c1c(O)cc(O)c3c1C(=O)c1cc(O)cc(O)c1C3=O)C2=O. The number of rotatable bonds is 2. The number of carbonyl (C=O) groups excluding carboxylic acids is 4. The Kier molecular flexibility index (Phi) is 5.07. The lowest BCUT2D eigenvalue weighted by atomic mass is 9.75. The summed E-state index contributed by atoms with van der Waals surface area (Å²) >= 11 is 0. The Morgan fingerprint density at radius 2 is 0.805 bits per heavy atom. The number of methoxy groups -OCH3 is 1. The van der Waals surface area contributed by atoms with Gasteiger partial charge in [-0.15, -0.1) is 0 Å². The summed E-state index contributed by atoms with van der Waals surface area (Å²) in [5.74, 6) is -9.82. The topological polar surface area (TPSA) is 219 Å². The molecule has 0 atom stereocenters. The van der Waals surface area contributed by atoms with Gasteiger partial charge in [0, 0.05) is 57.6 Å². The first-order valence-electron chi connectivity index (χ1n) is 11.7. The second-order valence-corrected chi connectivity index (χ2v) is 9.35. The zero-order valence-electron chi connectivity index (χ0n) is 20.6. The lowest BCUT2D eigenvalue weighted by molar-refractivity contribution is 0.0972. The van der Waals surface area contributed by atoms with E-state index in [2.05, 4.69) is 0 Å². The molecule has 7 N–H and O–H groups in total. The second kappa shape index (κ2) is 8.23. The Morgan fingerprint density at radius 3 is 1.27 bits per heavy atom. The average molecular weight is 556 g/mol. The van der Waals surface area contributed by atoms with Gasteiger partial charge in [0.05, 0.1) is 29.4 Å². The molecule has 0 aromatic heterocycles. The summed E-state index contributed by atoms with van der Waals surface area (Å²) < 4.78 is 5.07. The molecule has 4 aromatic carbocycles. The standard InChI is InChI=1S/C29H16O12/c1-41-9-4-11-19(13(32)5-9)29(40)23-17(36)7-15(34)21(25(23)27(11)38)20-14(33)6-16(35)22-24(20)26(37)10-2-8(30)3-12(31)18(10)28(22)39/h2-7,30-36H,1H3. The van der Waals surface area contributed by atoms with Gasteiger partial charge in [0.25, 0.3) is 0 Å². The van der Waals surface area contributed by atoms with Crippen molar-refractivity contribution in [3.05, 3.63) is 80.9 Å². The first kappa shape index (κ1) is 25.2. The van der Waals surface area contributed by atoms with Crippen molar-refractivity contribution in [2.24, 2.45) is 0 Å². The molecule has 2 aliphatic carbocycles. The van der Waals surface area contributed by atoms with Crippen LogP contribution in [0.5, 0.6) is 46.0 Å². The smallest absolute Gasteiger partial charge is 0.202 e. The van der Waals surface area contributed by atoms with Crippen LogP contribution in [0, 0.1) is 0 Å². The van der Waals surface area contributed by atoms with E-state index in [9.17, 15) is 54.9 Å². The average Bonchev–Trinajstić information content (AvgIpc) is 2.89. The maximum Gasteiger partial charge on any atom is 0.202 e. The molecule has 0 fully saturated rings. The molecule has 12 heteroatoms. The van der Waals surface area contributed by atoms with Gasteiger partial charge in [0.2, 0.25) is 11.6 Å². The van der Waals surface area contributed by atoms with Gasteiger partial charge in [-0.3, -0.25) is 19.2 Å². The third-order valence-corrected chi connectivity index (χ3v) is 7.10. The second-order valence-electron chi connectivity index (χ2n) is 9.35. The summed E-state index contributed by atoms with van der Waals surface area (Å²) in [5, 5.41) is 73.9. The summed E-state index contributed by atoms with van der Waals surface area (Å²) in [6.07, 6.45) is 0. The van der Waals surface area contributed by atoms with Crippen molar-refractivity contribution in [3.63, 3.8) is 0 Å². The van der Waals surface area contributed by atoms with Crippen LogP contribution in [0.3, 0.4) is 0 Å². The highest BCUT2D eigenvalue weighted by Crippen LogP contribution is 2.52. The lowest BCUT2D eigenvalue weighted by Gasteiger charge is -2.26. The fraction of sp³-hybridized carbons (Fsp3) is 0.0345. The molecule has 0 radical (unpaired) electrons. The zero-order chi connectivity index (χ0) is 29.7. The van der Waals surface area contributed by atoms with Crippen LogP contribution in [0.2, 0.25) is 0 Å². The van der Waals surface area contributed by atoms with Crippen LogP contribution >= 0.6 is 0 Å². The Morgan fingerprint density at radius 1 is 0.415 bits per heavy atom. The fourth-order valence-electron chi connectivity index (χ4n) is 5.42. The molecule has 0 heterocycles. The largest absolute Gasteiger partial charge is 0.508 e. The molecule has 0 saturated heterocycles. The normalized spacial score (nSPS) is 13.4. The van der Waals surface area contributed by atoms with Crippen molar-refractivity contribution in [1.29, 1.82) is 0 Å². The molecule has 0 spiro atoms. The Bertz CT molecular complexity index is 1970. The van der Waals surface area contributed by atoms with Crippen molar-refractivity contribution in [2.45, 2.75) is 0 Å². The van der Waals surface area contributed by atoms with Crippen molar-refractivity contribution < 1.29 is 59.7 Å². The van der Waals surface area contributed by atoms with Crippen LogP contribution in [-0.4, -0.2) is 66.0 Å². The third kappa shape index (κ3) is 3.21. The lowest BCUT2D eigenvalue weighted by Crippen LogP contribution is -2.24. The summed E-state index contributed by atoms with van der Waals surface area (Å²) in [7, 11) is 1.24. The minimum absolute atomic E-state index is 0.0152. The molecule has 0 amide bonds. The van der Waals surface area contributed by atoms with Crippen molar-refractivity contribution in [2.75, 3.05) is 7.11 Å². The fourth-order valence-corrected chi connectivity index (χ4v) is 5.42. The number of fused-ring (bicyclic) bond motifs is 4. The van der Waals surface area contributed by atoms with Crippen molar-refractivity contribution >= 4 is 23.1 Å². The van der Waals surface area contributed by atoms with E-state index in [1.54, 1.807) is 0 Å². The first-order valence-corrected chi connectivity index (χ1v) is 11.7. The van der Waals surface area contributed by atoms with E-state index in [0.29, 0.717) is 12.1 Å². The Hall–Kier alpha value is -6.04. The van der Waals surface area contributed by atoms with Crippen LogP contribution < -0.4 is 4.74 Å². The predicted octanol–water partition coefficient (Wildman–Crippen LogP) is 2.85. The van der Waals surface area contributed by atoms with Crippen LogP contribution in [0.15, 0.2) is 36.4 Å². The highest BCUT2D eigenvalue weighted by Gasteiger charge is 2.43. The van der Waals surface area contributed by atoms with Gasteiger partial charge in [-0.2, -0.15) is 0 Å². The van der Waals surface area contributed by atoms with E-state index in [0.717, 1.165) is 24.3 Å². The molecule has 204 valence electrons.